The summed E-state index contributed by atoms with van der Waals surface area (Å²) in [7, 11) is 1.66. The van der Waals surface area contributed by atoms with Gasteiger partial charge in [0.2, 0.25) is 0 Å². The standard InChI is InChI=1S/C10H9NO.C4H8O2.BrH/c1-12-10-3-2-8-4-5-11-7-9(8)6-10;1-3-6-4(2)5;/h2-7H,1H3;3H2,1-2H3;1H. The lowest BCUT2D eigenvalue weighted by molar-refractivity contribution is -0.140. The van der Waals surface area contributed by atoms with E-state index in [0.29, 0.717) is 6.61 Å². The van der Waals surface area contributed by atoms with Gasteiger partial charge in [0.1, 0.15) is 5.75 Å². The number of esters is 1. The van der Waals surface area contributed by atoms with Crippen molar-refractivity contribution >= 4 is 33.7 Å². The molecule has 2 rings (SSSR count). The summed E-state index contributed by atoms with van der Waals surface area (Å²) in [5.41, 5.74) is 0. The number of hydrogen-bond donors (Lipinski definition) is 0. The van der Waals surface area contributed by atoms with Gasteiger partial charge in [-0.1, -0.05) is 6.07 Å². The number of rotatable bonds is 2. The number of halogens is 1. The zero-order valence-corrected chi connectivity index (χ0v) is 13.0. The molecule has 0 spiro atoms. The van der Waals surface area contributed by atoms with Crippen LogP contribution in [0.25, 0.3) is 10.8 Å². The van der Waals surface area contributed by atoms with Crippen molar-refractivity contribution in [1.29, 1.82) is 0 Å². The molecule has 0 radical (unpaired) electrons. The Bertz CT molecular complexity index is 517. The topological polar surface area (TPSA) is 48.4 Å². The molecule has 0 aliphatic rings. The van der Waals surface area contributed by atoms with Gasteiger partial charge in [-0.3, -0.25) is 9.78 Å². The summed E-state index contributed by atoms with van der Waals surface area (Å²) in [5.74, 6) is 0.660. The van der Waals surface area contributed by atoms with Gasteiger partial charge in [-0.15, -0.1) is 17.0 Å². The van der Waals surface area contributed by atoms with Crippen LogP contribution in [0.3, 0.4) is 0 Å². The summed E-state index contributed by atoms with van der Waals surface area (Å²) in [6.07, 6.45) is 3.62. The van der Waals surface area contributed by atoms with Crippen molar-refractivity contribution in [3.63, 3.8) is 0 Å². The predicted octanol–water partition coefficient (Wildman–Crippen LogP) is 3.39. The first kappa shape index (κ1) is 17.4. The summed E-state index contributed by atoms with van der Waals surface area (Å²) < 4.78 is 9.50. The average Bonchev–Trinajstić information content (AvgIpc) is 2.38. The Morgan fingerprint density at radius 3 is 2.53 bits per heavy atom. The first-order chi connectivity index (χ1) is 8.67. The third-order valence-electron chi connectivity index (χ3n) is 2.20. The first-order valence-electron chi connectivity index (χ1n) is 5.68. The maximum Gasteiger partial charge on any atom is 0.302 e. The number of hydrogen-bond acceptors (Lipinski definition) is 4. The van der Waals surface area contributed by atoms with E-state index in [1.54, 1.807) is 20.2 Å². The highest BCUT2D eigenvalue weighted by molar-refractivity contribution is 8.93. The van der Waals surface area contributed by atoms with Crippen LogP contribution in [-0.2, 0) is 9.53 Å². The lowest BCUT2D eigenvalue weighted by Gasteiger charge is -2.00. The van der Waals surface area contributed by atoms with E-state index in [0.717, 1.165) is 11.1 Å². The molecule has 1 aromatic carbocycles. The highest BCUT2D eigenvalue weighted by Gasteiger charge is 1.93. The molecular weight excluding hydrogens is 310 g/mol. The lowest BCUT2D eigenvalue weighted by Crippen LogP contribution is -1.95. The molecule has 104 valence electrons. The van der Waals surface area contributed by atoms with Crippen LogP contribution >= 0.6 is 17.0 Å². The summed E-state index contributed by atoms with van der Waals surface area (Å²) >= 11 is 0. The van der Waals surface area contributed by atoms with Gasteiger partial charge in [-0.2, -0.15) is 0 Å². The maximum atomic E-state index is 9.82. The van der Waals surface area contributed by atoms with Crippen LogP contribution in [-0.4, -0.2) is 24.7 Å². The summed E-state index contributed by atoms with van der Waals surface area (Å²) in [5, 5.41) is 2.29. The van der Waals surface area contributed by atoms with E-state index in [2.05, 4.69) is 9.72 Å². The van der Waals surface area contributed by atoms with Crippen molar-refractivity contribution in [1.82, 2.24) is 4.98 Å². The van der Waals surface area contributed by atoms with E-state index >= 15 is 0 Å². The Kier molecular flexibility index (Phi) is 8.53. The van der Waals surface area contributed by atoms with Crippen LogP contribution < -0.4 is 4.74 Å². The Labute approximate surface area is 123 Å². The number of ether oxygens (including phenoxy) is 2. The van der Waals surface area contributed by atoms with Crippen LogP contribution in [0.5, 0.6) is 5.75 Å². The van der Waals surface area contributed by atoms with E-state index < -0.39 is 0 Å². The zero-order chi connectivity index (χ0) is 13.4. The van der Waals surface area contributed by atoms with Gasteiger partial charge in [0.15, 0.2) is 0 Å². The zero-order valence-electron chi connectivity index (χ0n) is 11.3. The molecule has 0 saturated carbocycles. The third kappa shape index (κ3) is 6.20. The molecule has 0 aliphatic carbocycles. The predicted molar refractivity (Wildman–Crippen MR) is 80.9 cm³/mol. The van der Waals surface area contributed by atoms with Crippen molar-refractivity contribution in [3.8, 4) is 5.75 Å². The minimum atomic E-state index is -0.211. The number of pyridine rings is 1. The van der Waals surface area contributed by atoms with Gasteiger partial charge in [-0.05, 0) is 30.5 Å². The van der Waals surface area contributed by atoms with Gasteiger partial charge >= 0.3 is 5.97 Å². The SMILES string of the molecule is Br.CCOC(C)=O.COc1ccc2ccncc2c1. The fourth-order valence-electron chi connectivity index (χ4n) is 1.39. The van der Waals surface area contributed by atoms with Gasteiger partial charge in [0.05, 0.1) is 13.7 Å². The number of nitrogens with zero attached hydrogens (tertiary/aromatic N) is 1. The molecule has 1 aromatic heterocycles. The van der Waals surface area contributed by atoms with Gasteiger partial charge in [0, 0.05) is 24.7 Å². The van der Waals surface area contributed by atoms with Crippen LogP contribution in [0.2, 0.25) is 0 Å². The van der Waals surface area contributed by atoms with E-state index in [-0.39, 0.29) is 23.0 Å². The molecule has 0 fully saturated rings. The summed E-state index contributed by atoms with van der Waals surface area (Å²) in [6, 6.07) is 7.93. The van der Waals surface area contributed by atoms with E-state index in [1.165, 1.54) is 12.3 Å². The van der Waals surface area contributed by atoms with Crippen molar-refractivity contribution in [3.05, 3.63) is 36.7 Å². The minimum Gasteiger partial charge on any atom is -0.497 e. The number of methoxy groups -OCH3 is 1. The largest absolute Gasteiger partial charge is 0.497 e. The smallest absolute Gasteiger partial charge is 0.302 e. The molecule has 4 nitrogen and oxygen atoms in total. The number of benzene rings is 1. The van der Waals surface area contributed by atoms with Gasteiger partial charge in [0.25, 0.3) is 0 Å². The summed E-state index contributed by atoms with van der Waals surface area (Å²) in [6.45, 7) is 3.65. The first-order valence-corrected chi connectivity index (χ1v) is 5.68. The third-order valence-corrected chi connectivity index (χ3v) is 2.20. The van der Waals surface area contributed by atoms with Crippen molar-refractivity contribution in [2.24, 2.45) is 0 Å². The number of carbonyl (C=O) groups is 1. The second kappa shape index (κ2) is 9.33. The highest BCUT2D eigenvalue weighted by Crippen LogP contribution is 2.18. The Morgan fingerprint density at radius 2 is 2.00 bits per heavy atom. The molecular formula is C14H18BrNO3. The second-order valence-corrected chi connectivity index (χ2v) is 3.51. The number of carbonyl (C=O) groups excluding carboxylic acids is 1. The molecule has 1 heterocycles. The molecule has 2 aromatic rings. The Morgan fingerprint density at radius 1 is 1.26 bits per heavy atom. The molecule has 19 heavy (non-hydrogen) atoms. The molecule has 0 N–H and O–H groups in total. The molecule has 0 bridgehead atoms. The van der Waals surface area contributed by atoms with Crippen LogP contribution in [0, 0.1) is 0 Å². The maximum absolute atomic E-state index is 9.82. The van der Waals surface area contributed by atoms with Crippen molar-refractivity contribution in [2.45, 2.75) is 13.8 Å². The van der Waals surface area contributed by atoms with Gasteiger partial charge in [-0.25, -0.2) is 0 Å². The summed E-state index contributed by atoms with van der Waals surface area (Å²) in [4.78, 5) is 13.9. The fourth-order valence-corrected chi connectivity index (χ4v) is 1.39. The minimum absolute atomic E-state index is 0. The number of aromatic nitrogens is 1. The number of fused-ring (bicyclic) bond motifs is 1. The highest BCUT2D eigenvalue weighted by atomic mass is 79.9. The molecule has 0 unspecified atom stereocenters. The van der Waals surface area contributed by atoms with Gasteiger partial charge < -0.3 is 9.47 Å². The molecule has 0 amide bonds. The quantitative estimate of drug-likeness (QED) is 0.793. The second-order valence-electron chi connectivity index (χ2n) is 3.51. The molecule has 5 heteroatoms. The van der Waals surface area contributed by atoms with Crippen molar-refractivity contribution < 1.29 is 14.3 Å². The molecule has 0 aliphatic heterocycles. The monoisotopic (exact) mass is 327 g/mol. The molecule has 0 atom stereocenters. The van der Waals surface area contributed by atoms with Crippen LogP contribution in [0.1, 0.15) is 13.8 Å². The van der Waals surface area contributed by atoms with Crippen molar-refractivity contribution in [2.75, 3.05) is 13.7 Å². The Hall–Kier alpha value is -1.62. The van der Waals surface area contributed by atoms with E-state index in [1.807, 2.05) is 30.5 Å². The van der Waals surface area contributed by atoms with Crippen LogP contribution in [0.4, 0.5) is 0 Å². The normalized spacial score (nSPS) is 8.79. The average molecular weight is 328 g/mol. The van der Waals surface area contributed by atoms with E-state index in [4.69, 9.17) is 4.74 Å². The molecule has 0 saturated heterocycles. The van der Waals surface area contributed by atoms with Crippen LogP contribution in [0.15, 0.2) is 36.7 Å². The Balaban J connectivity index is 0.000000404. The van der Waals surface area contributed by atoms with E-state index in [9.17, 15) is 4.79 Å². The lowest BCUT2D eigenvalue weighted by atomic mass is 10.2. The fraction of sp³-hybridized carbons (Fsp3) is 0.286.